The number of hydrogen-bond donors (Lipinski definition) is 1. The highest BCUT2D eigenvalue weighted by atomic mass is 19.1. The highest BCUT2D eigenvalue weighted by molar-refractivity contribution is 5.68. The minimum absolute atomic E-state index is 0.00837. The van der Waals surface area contributed by atoms with E-state index in [1.165, 1.54) is 0 Å². The van der Waals surface area contributed by atoms with Crippen molar-refractivity contribution in [3.8, 4) is 17.0 Å². The summed E-state index contributed by atoms with van der Waals surface area (Å²) < 4.78 is 45.5. The molecule has 1 fully saturated rings. The number of aromatic nitrogens is 1. The molecular formula is C25H27F2N3O4. The molecule has 4 rings (SSSR count). The topological polar surface area (TPSA) is 76.8 Å². The van der Waals surface area contributed by atoms with Gasteiger partial charge in [-0.3, -0.25) is 0 Å². The van der Waals surface area contributed by atoms with Crippen LogP contribution in [0, 0.1) is 18.6 Å². The fraction of sp³-hybridized carbons (Fsp3) is 0.360. The summed E-state index contributed by atoms with van der Waals surface area (Å²) in [6.07, 6.45) is -0.600. The van der Waals surface area contributed by atoms with Gasteiger partial charge in [0.15, 0.2) is 0 Å². The van der Waals surface area contributed by atoms with E-state index in [1.54, 1.807) is 11.8 Å². The second-order valence-electron chi connectivity index (χ2n) is 8.40. The summed E-state index contributed by atoms with van der Waals surface area (Å²) in [4.78, 5) is 14.1. The van der Waals surface area contributed by atoms with Crippen molar-refractivity contribution in [3.63, 3.8) is 0 Å². The summed E-state index contributed by atoms with van der Waals surface area (Å²) in [5, 5.41) is 7.29. The van der Waals surface area contributed by atoms with Crippen LogP contribution >= 0.6 is 0 Å². The number of amides is 1. The van der Waals surface area contributed by atoms with Crippen molar-refractivity contribution in [1.29, 1.82) is 0 Å². The molecule has 2 atom stereocenters. The van der Waals surface area contributed by atoms with Gasteiger partial charge in [-0.1, -0.05) is 35.5 Å². The van der Waals surface area contributed by atoms with Gasteiger partial charge in [0.05, 0.1) is 11.1 Å². The average molecular weight is 472 g/mol. The number of carbonyl (C=O) groups is 1. The van der Waals surface area contributed by atoms with E-state index in [4.69, 9.17) is 14.0 Å². The van der Waals surface area contributed by atoms with Gasteiger partial charge in [-0.15, -0.1) is 0 Å². The fourth-order valence-electron chi connectivity index (χ4n) is 4.04. The molecule has 180 valence electrons. The lowest BCUT2D eigenvalue weighted by molar-refractivity contribution is 0.0551. The van der Waals surface area contributed by atoms with E-state index in [0.29, 0.717) is 30.1 Å². The molecule has 1 amide bonds. The Morgan fingerprint density at radius 3 is 2.38 bits per heavy atom. The van der Waals surface area contributed by atoms with E-state index >= 15 is 0 Å². The largest absolute Gasteiger partial charge is 0.488 e. The molecule has 0 aliphatic carbocycles. The molecule has 0 saturated carbocycles. The number of hydrogen-bond acceptors (Lipinski definition) is 6. The lowest BCUT2D eigenvalue weighted by atomic mass is 10.1. The minimum atomic E-state index is -0.852. The Hall–Kier alpha value is -3.46. The van der Waals surface area contributed by atoms with Gasteiger partial charge in [0.1, 0.15) is 42.1 Å². The maximum atomic E-state index is 14.7. The van der Waals surface area contributed by atoms with Crippen LogP contribution in [0.3, 0.4) is 0 Å². The molecule has 0 unspecified atom stereocenters. The van der Waals surface area contributed by atoms with Crippen LogP contribution in [0.4, 0.5) is 13.6 Å². The third kappa shape index (κ3) is 5.04. The predicted octanol–water partition coefficient (Wildman–Crippen LogP) is 4.83. The van der Waals surface area contributed by atoms with Crippen molar-refractivity contribution in [2.24, 2.45) is 0 Å². The number of aryl methyl sites for hydroxylation is 1. The normalized spacial score (nSPS) is 18.1. The van der Waals surface area contributed by atoms with Crippen molar-refractivity contribution in [2.45, 2.75) is 46.1 Å². The molecule has 2 heterocycles. The van der Waals surface area contributed by atoms with Gasteiger partial charge >= 0.3 is 6.09 Å². The number of nitrogens with one attached hydrogen (secondary N) is 1. The van der Waals surface area contributed by atoms with Crippen molar-refractivity contribution in [3.05, 3.63) is 71.0 Å². The first kappa shape index (κ1) is 23.7. The first-order valence-corrected chi connectivity index (χ1v) is 11.1. The first-order valence-electron chi connectivity index (χ1n) is 11.1. The number of benzene rings is 2. The van der Waals surface area contributed by atoms with Crippen molar-refractivity contribution >= 4 is 6.09 Å². The molecule has 34 heavy (non-hydrogen) atoms. The second-order valence-corrected chi connectivity index (χ2v) is 8.40. The van der Waals surface area contributed by atoms with Crippen molar-refractivity contribution in [1.82, 2.24) is 15.4 Å². The number of nitrogens with zero attached hydrogens (tertiary/aromatic N) is 2. The lowest BCUT2D eigenvalue weighted by Gasteiger charge is -2.38. The Bertz CT molecular complexity index is 1120. The monoisotopic (exact) mass is 471 g/mol. The van der Waals surface area contributed by atoms with Crippen LogP contribution in [-0.4, -0.2) is 41.3 Å². The summed E-state index contributed by atoms with van der Waals surface area (Å²) in [5.41, 5.74) is 1.81. The second kappa shape index (κ2) is 10.2. The van der Waals surface area contributed by atoms with Gasteiger partial charge in [-0.2, -0.15) is 0 Å². The van der Waals surface area contributed by atoms with Crippen LogP contribution in [0.2, 0.25) is 0 Å². The highest BCUT2D eigenvalue weighted by Gasteiger charge is 2.30. The molecule has 1 aliphatic rings. The Labute approximate surface area is 196 Å². The van der Waals surface area contributed by atoms with E-state index in [2.05, 4.69) is 10.5 Å². The quantitative estimate of drug-likeness (QED) is 0.555. The molecule has 1 aliphatic heterocycles. The van der Waals surface area contributed by atoms with Crippen LogP contribution in [0.1, 0.15) is 30.7 Å². The van der Waals surface area contributed by atoms with E-state index in [0.717, 1.165) is 17.7 Å². The zero-order valence-electron chi connectivity index (χ0n) is 19.3. The van der Waals surface area contributed by atoms with Crippen LogP contribution in [0.15, 0.2) is 47.0 Å². The average Bonchev–Trinajstić information content (AvgIpc) is 3.18. The number of carbonyl (C=O) groups excluding carboxylic acids is 1. The van der Waals surface area contributed by atoms with Crippen LogP contribution in [0.5, 0.6) is 5.75 Å². The SMILES string of the molecule is Cc1onc(-c2ccccc2)c1COc1cc(F)c(COC(=O)N2[C@H](C)CNC[C@@H]2C)c(F)c1. The Morgan fingerprint density at radius 2 is 1.74 bits per heavy atom. The smallest absolute Gasteiger partial charge is 0.410 e. The van der Waals surface area contributed by atoms with E-state index in [1.807, 2.05) is 44.2 Å². The Morgan fingerprint density at radius 1 is 1.09 bits per heavy atom. The number of rotatable bonds is 6. The van der Waals surface area contributed by atoms with Crippen LogP contribution in [0.25, 0.3) is 11.3 Å². The number of ether oxygens (including phenoxy) is 2. The molecule has 7 nitrogen and oxygen atoms in total. The third-order valence-electron chi connectivity index (χ3n) is 5.91. The van der Waals surface area contributed by atoms with E-state index in [9.17, 15) is 13.6 Å². The zero-order chi connectivity index (χ0) is 24.2. The minimum Gasteiger partial charge on any atom is -0.488 e. The fourth-order valence-corrected chi connectivity index (χ4v) is 4.04. The Kier molecular flexibility index (Phi) is 7.12. The van der Waals surface area contributed by atoms with Crippen molar-refractivity contribution in [2.75, 3.05) is 13.1 Å². The van der Waals surface area contributed by atoms with Gasteiger partial charge < -0.3 is 24.2 Å². The molecule has 1 N–H and O–H groups in total. The molecule has 3 aromatic rings. The van der Waals surface area contributed by atoms with Crippen molar-refractivity contribution < 1.29 is 27.6 Å². The summed E-state index contributed by atoms with van der Waals surface area (Å²) >= 11 is 0. The molecule has 1 aromatic heterocycles. The van der Waals surface area contributed by atoms with Gasteiger partial charge in [0.25, 0.3) is 0 Å². The van der Waals surface area contributed by atoms with E-state index in [-0.39, 0.29) is 30.0 Å². The standard InChI is InChI=1S/C25H27F2N3O4/c1-15-11-28-12-16(2)30(15)25(31)33-14-21-22(26)9-19(10-23(21)27)32-13-20-17(3)34-29-24(20)18-7-5-4-6-8-18/h4-10,15-16,28H,11-14H2,1-3H3/t15-,16+. The summed E-state index contributed by atoms with van der Waals surface area (Å²) in [6, 6.07) is 11.4. The summed E-state index contributed by atoms with van der Waals surface area (Å²) in [7, 11) is 0. The maximum absolute atomic E-state index is 14.7. The molecular weight excluding hydrogens is 444 g/mol. The molecule has 0 radical (unpaired) electrons. The summed E-state index contributed by atoms with van der Waals surface area (Å²) in [6.45, 7) is 6.29. The number of halogens is 2. The third-order valence-corrected chi connectivity index (χ3v) is 5.91. The number of piperazine rings is 1. The predicted molar refractivity (Wildman–Crippen MR) is 121 cm³/mol. The van der Waals surface area contributed by atoms with Gasteiger partial charge in [-0.05, 0) is 20.8 Å². The molecule has 0 bridgehead atoms. The van der Waals surface area contributed by atoms with Gasteiger partial charge in [0.2, 0.25) is 0 Å². The summed E-state index contributed by atoms with van der Waals surface area (Å²) in [5.74, 6) is -1.14. The van der Waals surface area contributed by atoms with Crippen LogP contribution in [-0.2, 0) is 18.0 Å². The van der Waals surface area contributed by atoms with Crippen LogP contribution < -0.4 is 10.1 Å². The highest BCUT2D eigenvalue weighted by Crippen LogP contribution is 2.28. The van der Waals surface area contributed by atoms with Gasteiger partial charge in [0, 0.05) is 42.9 Å². The Balaban J connectivity index is 1.43. The van der Waals surface area contributed by atoms with E-state index < -0.39 is 24.3 Å². The molecule has 9 heteroatoms. The molecule has 2 aromatic carbocycles. The maximum Gasteiger partial charge on any atom is 0.410 e. The lowest BCUT2D eigenvalue weighted by Crippen LogP contribution is -2.57. The molecule has 1 saturated heterocycles. The zero-order valence-corrected chi connectivity index (χ0v) is 19.3. The van der Waals surface area contributed by atoms with Gasteiger partial charge in [-0.25, -0.2) is 13.6 Å². The first-order chi connectivity index (χ1) is 16.3. The molecule has 0 spiro atoms.